The van der Waals surface area contributed by atoms with Crippen LogP contribution in [0.2, 0.25) is 0 Å². The average Bonchev–Trinajstić information content (AvgIpc) is 2.85. The first-order valence-corrected chi connectivity index (χ1v) is 14.0. The number of nitrogens with two attached hydrogens (primary N) is 4. The lowest BCUT2D eigenvalue weighted by Crippen LogP contribution is -2.57. The fourth-order valence-electron chi connectivity index (χ4n) is 3.40. The van der Waals surface area contributed by atoms with Crippen molar-refractivity contribution in [1.29, 1.82) is 0 Å². The van der Waals surface area contributed by atoms with Gasteiger partial charge in [0.1, 0.15) is 18.1 Å². The van der Waals surface area contributed by atoms with Crippen LogP contribution in [0, 0.1) is 5.92 Å². The van der Waals surface area contributed by atoms with Crippen LogP contribution >= 0.6 is 11.8 Å². The van der Waals surface area contributed by atoms with Gasteiger partial charge < -0.3 is 44.0 Å². The topological polar surface area (TPSA) is 241 Å². The smallest absolute Gasteiger partial charge is 0.326 e. The summed E-state index contributed by atoms with van der Waals surface area (Å²) in [6, 6.07) is -3.85. The number of carbonyl (C=O) groups excluding carboxylic acids is 3. The quantitative estimate of drug-likeness (QED) is 0.0517. The van der Waals surface area contributed by atoms with Crippen molar-refractivity contribution in [3.05, 3.63) is 0 Å². The fourth-order valence-corrected chi connectivity index (χ4v) is 3.88. The average molecular weight is 547 g/mol. The summed E-state index contributed by atoms with van der Waals surface area (Å²) >= 11 is 1.50. The van der Waals surface area contributed by atoms with Gasteiger partial charge in [-0.25, -0.2) is 4.79 Å². The van der Waals surface area contributed by atoms with Gasteiger partial charge in [0.15, 0.2) is 5.96 Å². The molecule has 0 fully saturated rings. The molecule has 0 aromatic heterocycles. The fraction of sp³-hybridized carbons (Fsp3) is 0.783. The van der Waals surface area contributed by atoms with Gasteiger partial charge in [-0.3, -0.25) is 19.4 Å². The Morgan fingerprint density at radius 2 is 1.51 bits per heavy atom. The van der Waals surface area contributed by atoms with Crippen molar-refractivity contribution >= 4 is 41.4 Å². The zero-order valence-corrected chi connectivity index (χ0v) is 23.0. The lowest BCUT2D eigenvalue weighted by molar-refractivity contribution is -0.144. The number of amides is 3. The van der Waals surface area contributed by atoms with Crippen molar-refractivity contribution < 1.29 is 24.3 Å². The number of thioether (sulfide) groups is 1. The molecule has 0 aliphatic rings. The molecule has 0 aromatic rings. The summed E-state index contributed by atoms with van der Waals surface area (Å²) in [5.41, 5.74) is 22.1. The third-order valence-electron chi connectivity index (χ3n) is 5.90. The second kappa shape index (κ2) is 19.5. The van der Waals surface area contributed by atoms with Gasteiger partial charge in [0.25, 0.3) is 0 Å². The Morgan fingerprint density at radius 1 is 0.919 bits per heavy atom. The number of unbranched alkanes of at least 4 members (excludes halogenated alkanes) is 1. The first kappa shape index (κ1) is 34.4. The standard InChI is InChI=1S/C23H46N8O5S/c1-4-14(2)18(22(35)36)31-21(34)16(9-5-6-11-24)30-20(33)17(10-13-37-3)29-19(32)15(25)8-7-12-28-23(26)27/h14-18H,4-13,24-25H2,1-3H3,(H,29,32)(H,30,33)(H,31,34)(H,35,36)(H4,26,27,28). The predicted molar refractivity (Wildman–Crippen MR) is 147 cm³/mol. The molecule has 3 amide bonds. The minimum absolute atomic E-state index is 0.0456. The van der Waals surface area contributed by atoms with Gasteiger partial charge in [0, 0.05) is 6.54 Å². The highest BCUT2D eigenvalue weighted by atomic mass is 32.2. The Bertz CT molecular complexity index is 751. The van der Waals surface area contributed by atoms with Gasteiger partial charge in [-0.05, 0) is 63.0 Å². The number of nitrogens with zero attached hydrogens (tertiary/aromatic N) is 1. The second-order valence-corrected chi connectivity index (χ2v) is 9.94. The molecule has 37 heavy (non-hydrogen) atoms. The van der Waals surface area contributed by atoms with Crippen LogP contribution < -0.4 is 38.9 Å². The first-order chi connectivity index (χ1) is 17.5. The van der Waals surface area contributed by atoms with Crippen molar-refractivity contribution in [3.8, 4) is 0 Å². The summed E-state index contributed by atoms with van der Waals surface area (Å²) < 4.78 is 0. The molecule has 0 saturated heterocycles. The van der Waals surface area contributed by atoms with Crippen molar-refractivity contribution in [2.75, 3.05) is 25.1 Å². The van der Waals surface area contributed by atoms with Gasteiger partial charge in [0.2, 0.25) is 17.7 Å². The summed E-state index contributed by atoms with van der Waals surface area (Å²) in [5, 5.41) is 17.5. The predicted octanol–water partition coefficient (Wildman–Crippen LogP) is -1.17. The molecule has 0 bridgehead atoms. The monoisotopic (exact) mass is 546 g/mol. The van der Waals surface area contributed by atoms with Crippen molar-refractivity contribution in [1.82, 2.24) is 16.0 Å². The number of aliphatic imine (C=N–C) groups is 1. The molecule has 12 N–H and O–H groups in total. The van der Waals surface area contributed by atoms with E-state index in [0.29, 0.717) is 57.4 Å². The molecule has 0 radical (unpaired) electrons. The number of guanidine groups is 1. The Hall–Kier alpha value is -2.58. The van der Waals surface area contributed by atoms with Crippen LogP contribution in [0.3, 0.4) is 0 Å². The van der Waals surface area contributed by atoms with Crippen LogP contribution in [0.4, 0.5) is 0 Å². The number of nitrogens with one attached hydrogen (secondary N) is 3. The number of carboxylic acids is 1. The van der Waals surface area contributed by atoms with Crippen LogP contribution in [0.15, 0.2) is 4.99 Å². The van der Waals surface area contributed by atoms with Gasteiger partial charge in [-0.2, -0.15) is 11.8 Å². The molecule has 214 valence electrons. The van der Waals surface area contributed by atoms with E-state index < -0.39 is 47.9 Å². The molecule has 0 rings (SSSR count). The summed E-state index contributed by atoms with van der Waals surface area (Å²) in [4.78, 5) is 54.3. The lowest BCUT2D eigenvalue weighted by atomic mass is 9.98. The van der Waals surface area contributed by atoms with Gasteiger partial charge in [-0.1, -0.05) is 20.3 Å². The number of carbonyl (C=O) groups is 4. The maximum atomic E-state index is 13.2. The van der Waals surface area contributed by atoms with E-state index in [9.17, 15) is 24.3 Å². The maximum Gasteiger partial charge on any atom is 0.326 e. The Morgan fingerprint density at radius 3 is 2.05 bits per heavy atom. The van der Waals surface area contributed by atoms with Crippen LogP contribution in [0.5, 0.6) is 0 Å². The summed E-state index contributed by atoms with van der Waals surface area (Å²) in [5.74, 6) is -2.55. The molecule has 0 saturated carbocycles. The molecule has 0 spiro atoms. The van der Waals surface area contributed by atoms with E-state index in [1.165, 1.54) is 11.8 Å². The zero-order chi connectivity index (χ0) is 28.4. The van der Waals surface area contributed by atoms with Crippen LogP contribution in [0.25, 0.3) is 0 Å². The highest BCUT2D eigenvalue weighted by Crippen LogP contribution is 2.10. The first-order valence-electron chi connectivity index (χ1n) is 12.6. The number of rotatable bonds is 20. The third-order valence-corrected chi connectivity index (χ3v) is 6.55. The molecule has 0 aliphatic carbocycles. The number of aliphatic carboxylic acids is 1. The maximum absolute atomic E-state index is 13.2. The largest absolute Gasteiger partial charge is 0.480 e. The number of carboxylic acid groups (broad SMARTS) is 1. The van der Waals surface area contributed by atoms with Crippen LogP contribution in [-0.2, 0) is 19.2 Å². The molecule has 0 heterocycles. The Balaban J connectivity index is 5.43. The highest BCUT2D eigenvalue weighted by Gasteiger charge is 2.31. The van der Waals surface area contributed by atoms with E-state index >= 15 is 0 Å². The van der Waals surface area contributed by atoms with Crippen molar-refractivity contribution in [2.24, 2.45) is 33.8 Å². The molecular formula is C23H46N8O5S. The summed E-state index contributed by atoms with van der Waals surface area (Å²) in [6.07, 6.45) is 5.00. The van der Waals surface area contributed by atoms with Crippen molar-refractivity contribution in [3.63, 3.8) is 0 Å². The van der Waals surface area contributed by atoms with Gasteiger partial charge in [0.05, 0.1) is 6.04 Å². The van der Waals surface area contributed by atoms with E-state index in [2.05, 4.69) is 20.9 Å². The second-order valence-electron chi connectivity index (χ2n) is 8.95. The Labute approximate surface area is 223 Å². The van der Waals surface area contributed by atoms with Gasteiger partial charge >= 0.3 is 5.97 Å². The zero-order valence-electron chi connectivity index (χ0n) is 22.2. The van der Waals surface area contributed by atoms with E-state index in [-0.39, 0.29) is 18.3 Å². The number of hydrogen-bond acceptors (Lipinski definition) is 8. The van der Waals surface area contributed by atoms with E-state index in [1.807, 2.05) is 13.2 Å². The van der Waals surface area contributed by atoms with E-state index in [0.717, 1.165) is 0 Å². The highest BCUT2D eigenvalue weighted by molar-refractivity contribution is 7.98. The lowest BCUT2D eigenvalue weighted by Gasteiger charge is -2.26. The summed E-state index contributed by atoms with van der Waals surface area (Å²) in [7, 11) is 0. The Kier molecular flexibility index (Phi) is 18.2. The molecule has 0 aliphatic heterocycles. The van der Waals surface area contributed by atoms with Crippen molar-refractivity contribution in [2.45, 2.75) is 83.0 Å². The third kappa shape index (κ3) is 14.7. The normalized spacial score (nSPS) is 14.9. The molecule has 5 unspecified atom stereocenters. The molecule has 13 nitrogen and oxygen atoms in total. The van der Waals surface area contributed by atoms with E-state index in [1.54, 1.807) is 6.92 Å². The molecule has 5 atom stereocenters. The van der Waals surface area contributed by atoms with Crippen LogP contribution in [0.1, 0.15) is 58.8 Å². The van der Waals surface area contributed by atoms with Crippen LogP contribution in [-0.4, -0.2) is 84.0 Å². The molecule has 0 aromatic carbocycles. The minimum atomic E-state index is -1.14. The van der Waals surface area contributed by atoms with E-state index in [4.69, 9.17) is 22.9 Å². The SMILES string of the molecule is CCC(C)C(NC(=O)C(CCCCN)NC(=O)C(CCSC)NC(=O)C(N)CCCN=C(N)N)C(=O)O. The molecule has 14 heteroatoms. The van der Waals surface area contributed by atoms with Gasteiger partial charge in [-0.15, -0.1) is 0 Å². The minimum Gasteiger partial charge on any atom is -0.480 e. The summed E-state index contributed by atoms with van der Waals surface area (Å²) in [6.45, 7) is 4.31. The number of hydrogen-bond donors (Lipinski definition) is 8. The molecular weight excluding hydrogens is 500 g/mol.